The van der Waals surface area contributed by atoms with Crippen LogP contribution >= 0.6 is 0 Å². The van der Waals surface area contributed by atoms with E-state index in [9.17, 15) is 14.4 Å². The lowest BCUT2D eigenvalue weighted by Crippen LogP contribution is -2.53. The van der Waals surface area contributed by atoms with Crippen molar-refractivity contribution in [1.82, 2.24) is 14.8 Å². The molecule has 7 heteroatoms. The fraction of sp³-hybridized carbons (Fsp3) is 0.435. The maximum Gasteiger partial charge on any atom is 0.254 e. The highest BCUT2D eigenvalue weighted by atomic mass is 16.5. The summed E-state index contributed by atoms with van der Waals surface area (Å²) in [7, 11) is 1.60. The zero-order chi connectivity index (χ0) is 21.4. The fourth-order valence-corrected chi connectivity index (χ4v) is 4.96. The number of carbonyl (C=O) groups excluding carboxylic acids is 2. The van der Waals surface area contributed by atoms with Gasteiger partial charge in [0.15, 0.2) is 0 Å². The van der Waals surface area contributed by atoms with E-state index < -0.39 is 0 Å². The summed E-state index contributed by atoms with van der Waals surface area (Å²) in [6.45, 7) is 4.87. The van der Waals surface area contributed by atoms with Gasteiger partial charge in [-0.15, -0.1) is 0 Å². The molecular formula is C23H27N3O4. The minimum atomic E-state index is -0.171. The lowest BCUT2D eigenvalue weighted by Gasteiger charge is -2.47. The van der Waals surface area contributed by atoms with E-state index in [1.54, 1.807) is 19.2 Å². The summed E-state index contributed by atoms with van der Waals surface area (Å²) in [5.74, 6) is 0.738. The Morgan fingerprint density at radius 3 is 2.67 bits per heavy atom. The number of benzene rings is 1. The van der Waals surface area contributed by atoms with Crippen LogP contribution in [0.25, 0.3) is 0 Å². The second-order valence-corrected chi connectivity index (χ2v) is 8.20. The molecule has 3 heterocycles. The van der Waals surface area contributed by atoms with Gasteiger partial charge in [-0.1, -0.05) is 12.1 Å². The predicted octanol–water partition coefficient (Wildman–Crippen LogP) is 2.10. The van der Waals surface area contributed by atoms with Gasteiger partial charge >= 0.3 is 0 Å². The maximum absolute atomic E-state index is 13.4. The van der Waals surface area contributed by atoms with Gasteiger partial charge in [0.1, 0.15) is 5.75 Å². The van der Waals surface area contributed by atoms with E-state index in [0.29, 0.717) is 30.9 Å². The number of aromatic nitrogens is 1. The number of pyridine rings is 1. The number of amides is 2. The Bertz CT molecular complexity index is 1040. The van der Waals surface area contributed by atoms with E-state index in [-0.39, 0.29) is 35.3 Å². The first-order valence-corrected chi connectivity index (χ1v) is 10.3. The van der Waals surface area contributed by atoms with Gasteiger partial charge in [0.25, 0.3) is 11.5 Å². The Kier molecular flexibility index (Phi) is 5.37. The molecule has 3 atom stereocenters. The van der Waals surface area contributed by atoms with E-state index in [1.165, 1.54) is 6.92 Å². The van der Waals surface area contributed by atoms with Gasteiger partial charge in [-0.25, -0.2) is 0 Å². The average Bonchev–Trinajstić information content (AvgIpc) is 2.73. The second-order valence-electron chi connectivity index (χ2n) is 8.20. The molecule has 1 saturated heterocycles. The van der Waals surface area contributed by atoms with Crippen LogP contribution in [0, 0.1) is 12.8 Å². The van der Waals surface area contributed by atoms with E-state index in [1.807, 2.05) is 40.7 Å². The Morgan fingerprint density at radius 1 is 1.17 bits per heavy atom. The van der Waals surface area contributed by atoms with Crippen molar-refractivity contribution in [2.45, 2.75) is 32.2 Å². The summed E-state index contributed by atoms with van der Waals surface area (Å²) in [6, 6.07) is 10.6. The molecule has 2 aliphatic heterocycles. The van der Waals surface area contributed by atoms with Crippen LogP contribution in [0.3, 0.4) is 0 Å². The first-order valence-electron chi connectivity index (χ1n) is 10.3. The molecule has 158 valence electrons. The van der Waals surface area contributed by atoms with Crippen LogP contribution in [0.15, 0.2) is 41.2 Å². The number of hydrogen-bond donors (Lipinski definition) is 1. The number of carbonyl (C=O) groups is 2. The Labute approximate surface area is 175 Å². The molecule has 0 saturated carbocycles. The molecule has 0 radical (unpaired) electrons. The van der Waals surface area contributed by atoms with Crippen molar-refractivity contribution in [3.05, 3.63) is 63.6 Å². The van der Waals surface area contributed by atoms with Crippen molar-refractivity contribution in [3.8, 4) is 5.75 Å². The third kappa shape index (κ3) is 3.49. The summed E-state index contributed by atoms with van der Waals surface area (Å²) in [5.41, 5.74) is 2.35. The van der Waals surface area contributed by atoms with Crippen LogP contribution in [-0.4, -0.2) is 48.0 Å². The Balaban J connectivity index is 1.68. The molecular weight excluding hydrogens is 382 g/mol. The minimum absolute atomic E-state index is 0.0221. The third-order valence-electron chi connectivity index (χ3n) is 6.38. The van der Waals surface area contributed by atoms with Gasteiger partial charge in [-0.3, -0.25) is 14.4 Å². The van der Waals surface area contributed by atoms with Crippen molar-refractivity contribution in [1.29, 1.82) is 0 Å². The molecule has 2 aliphatic rings. The summed E-state index contributed by atoms with van der Waals surface area (Å²) in [4.78, 5) is 39.5. The molecule has 1 fully saturated rings. The average molecular weight is 409 g/mol. The number of fused-ring (bicyclic) bond motifs is 4. The molecule has 0 spiro atoms. The SMILES string of the molecule is COc1cccc(C(=O)N2C[C@H]3C[C@@H](C2)[C@H](CNC(C)=O)n2c3cccc2=O)c1C. The number of likely N-dealkylation sites (tertiary alicyclic amines) is 1. The summed E-state index contributed by atoms with van der Waals surface area (Å²) in [6.07, 6.45) is 0.897. The standard InChI is InChI=1S/C23H27N3O4/c1-14-18(6-4-8-21(14)30-3)23(29)25-12-16-10-17(13-25)20(11-24-15(2)27)26-19(16)7-5-9-22(26)28/h4-9,16-17,20H,10-13H2,1-3H3,(H,24,27)/t16-,17+,20+/m1/s1. The van der Waals surface area contributed by atoms with Crippen LogP contribution in [-0.2, 0) is 4.79 Å². The fourth-order valence-electron chi connectivity index (χ4n) is 4.96. The molecule has 2 bridgehead atoms. The molecule has 0 aliphatic carbocycles. The van der Waals surface area contributed by atoms with E-state index in [0.717, 1.165) is 17.7 Å². The number of nitrogens with zero attached hydrogens (tertiary/aromatic N) is 2. The zero-order valence-electron chi connectivity index (χ0n) is 17.6. The van der Waals surface area contributed by atoms with Crippen molar-refractivity contribution in [3.63, 3.8) is 0 Å². The van der Waals surface area contributed by atoms with Crippen molar-refractivity contribution in [2.24, 2.45) is 5.92 Å². The lowest BCUT2D eigenvalue weighted by molar-refractivity contribution is -0.119. The van der Waals surface area contributed by atoms with Crippen LogP contribution in [0.1, 0.15) is 46.9 Å². The molecule has 4 rings (SSSR count). The summed E-state index contributed by atoms with van der Waals surface area (Å²) < 4.78 is 7.21. The smallest absolute Gasteiger partial charge is 0.254 e. The first kappa shape index (κ1) is 20.2. The van der Waals surface area contributed by atoms with Gasteiger partial charge in [-0.2, -0.15) is 0 Å². The third-order valence-corrected chi connectivity index (χ3v) is 6.38. The lowest BCUT2D eigenvalue weighted by atomic mass is 9.78. The number of methoxy groups -OCH3 is 1. The number of piperidine rings is 1. The van der Waals surface area contributed by atoms with E-state index in [4.69, 9.17) is 4.74 Å². The number of rotatable bonds is 4. The monoisotopic (exact) mass is 409 g/mol. The van der Waals surface area contributed by atoms with Crippen LogP contribution in [0.5, 0.6) is 5.75 Å². The number of hydrogen-bond acceptors (Lipinski definition) is 4. The Morgan fingerprint density at radius 2 is 1.93 bits per heavy atom. The molecule has 2 amide bonds. The largest absolute Gasteiger partial charge is 0.496 e. The Hall–Kier alpha value is -3.09. The molecule has 30 heavy (non-hydrogen) atoms. The highest BCUT2D eigenvalue weighted by Crippen LogP contribution is 2.41. The topological polar surface area (TPSA) is 80.6 Å². The molecule has 7 nitrogen and oxygen atoms in total. The quantitative estimate of drug-likeness (QED) is 0.839. The van der Waals surface area contributed by atoms with Gasteiger partial charge in [0.2, 0.25) is 5.91 Å². The molecule has 1 aromatic heterocycles. The maximum atomic E-state index is 13.4. The van der Waals surface area contributed by atoms with Crippen molar-refractivity contribution in [2.75, 3.05) is 26.7 Å². The van der Waals surface area contributed by atoms with Crippen LogP contribution in [0.2, 0.25) is 0 Å². The molecule has 0 unspecified atom stereocenters. The van der Waals surface area contributed by atoms with Crippen molar-refractivity contribution >= 4 is 11.8 Å². The minimum Gasteiger partial charge on any atom is -0.496 e. The predicted molar refractivity (Wildman–Crippen MR) is 113 cm³/mol. The van der Waals surface area contributed by atoms with Crippen LogP contribution < -0.4 is 15.6 Å². The summed E-state index contributed by atoms with van der Waals surface area (Å²) in [5, 5.41) is 2.87. The van der Waals surface area contributed by atoms with Gasteiger partial charge < -0.3 is 19.5 Å². The number of nitrogens with one attached hydrogen (secondary N) is 1. The first-order chi connectivity index (χ1) is 14.4. The molecule has 1 aromatic carbocycles. The van der Waals surface area contributed by atoms with Gasteiger partial charge in [-0.05, 0) is 37.5 Å². The zero-order valence-corrected chi connectivity index (χ0v) is 17.6. The molecule has 1 N–H and O–H groups in total. The van der Waals surface area contributed by atoms with Crippen molar-refractivity contribution < 1.29 is 14.3 Å². The highest BCUT2D eigenvalue weighted by molar-refractivity contribution is 5.96. The van der Waals surface area contributed by atoms with Gasteiger partial charge in [0, 0.05) is 55.4 Å². The highest BCUT2D eigenvalue weighted by Gasteiger charge is 2.42. The normalized spacial score (nSPS) is 22.2. The summed E-state index contributed by atoms with van der Waals surface area (Å²) >= 11 is 0. The van der Waals surface area contributed by atoms with Gasteiger partial charge in [0.05, 0.1) is 13.2 Å². The number of ether oxygens (including phenoxy) is 1. The van der Waals surface area contributed by atoms with E-state index >= 15 is 0 Å². The van der Waals surface area contributed by atoms with Crippen LogP contribution in [0.4, 0.5) is 0 Å². The second kappa shape index (κ2) is 7.97. The van der Waals surface area contributed by atoms with E-state index in [2.05, 4.69) is 5.32 Å². The molecule has 2 aromatic rings.